The van der Waals surface area contributed by atoms with Gasteiger partial charge in [0, 0.05) is 6.61 Å². The third kappa shape index (κ3) is 3.07. The Kier molecular flexibility index (Phi) is 4.10. The molecule has 1 aliphatic rings. The first-order chi connectivity index (χ1) is 9.03. The maximum atomic E-state index is 11.6. The predicted octanol–water partition coefficient (Wildman–Crippen LogP) is 2.51. The van der Waals surface area contributed by atoms with Crippen molar-refractivity contribution in [3.8, 4) is 5.75 Å². The zero-order chi connectivity index (χ0) is 13.9. The molecule has 0 spiro atoms. The minimum Gasteiger partial charge on any atom is -0.492 e. The molecule has 0 saturated heterocycles. The van der Waals surface area contributed by atoms with Crippen molar-refractivity contribution < 1.29 is 19.4 Å². The zero-order valence-corrected chi connectivity index (χ0v) is 11.4. The fourth-order valence-electron chi connectivity index (χ4n) is 2.32. The summed E-state index contributed by atoms with van der Waals surface area (Å²) in [5.41, 5.74) is 0.0872. The molecule has 1 aromatic rings. The van der Waals surface area contributed by atoms with Crippen LogP contribution >= 0.6 is 0 Å². The summed E-state index contributed by atoms with van der Waals surface area (Å²) in [6.07, 6.45) is 1.08. The molecule has 0 amide bonds. The number of hydrogen-bond acceptors (Lipinski definition) is 3. The van der Waals surface area contributed by atoms with Crippen LogP contribution in [0.25, 0.3) is 0 Å². The van der Waals surface area contributed by atoms with Crippen molar-refractivity contribution in [1.29, 1.82) is 0 Å². The Balaban J connectivity index is 2.12. The van der Waals surface area contributed by atoms with E-state index in [0.29, 0.717) is 19.4 Å². The first-order valence-electron chi connectivity index (χ1n) is 6.59. The van der Waals surface area contributed by atoms with Crippen LogP contribution in [0.15, 0.2) is 24.3 Å². The van der Waals surface area contributed by atoms with Crippen LogP contribution in [0.1, 0.15) is 25.8 Å². The summed E-state index contributed by atoms with van der Waals surface area (Å²) in [6.45, 7) is 4.54. The molecule has 1 aromatic carbocycles. The average molecular weight is 264 g/mol. The Morgan fingerprint density at radius 1 is 1.47 bits per heavy atom. The second kappa shape index (κ2) is 5.61. The lowest BCUT2D eigenvalue weighted by molar-refractivity contribution is -0.153. The molecule has 0 aromatic heterocycles. The highest BCUT2D eigenvalue weighted by Crippen LogP contribution is 2.37. The normalized spacial score (nSPS) is 21.8. The van der Waals surface area contributed by atoms with Gasteiger partial charge in [0.15, 0.2) is 0 Å². The number of carboxylic acids is 1. The van der Waals surface area contributed by atoms with Gasteiger partial charge in [-0.05, 0) is 38.3 Å². The standard InChI is InChI=1S/C15H20O4/c1-11(2)18-8-7-15(14(16)17)9-12-5-3-4-6-13(12)19-10-15/h3-6,11H,7-10H2,1-2H3,(H,16,17). The number of hydrogen-bond donors (Lipinski definition) is 1. The monoisotopic (exact) mass is 264 g/mol. The molecule has 1 heterocycles. The summed E-state index contributed by atoms with van der Waals surface area (Å²) in [4.78, 5) is 11.6. The van der Waals surface area contributed by atoms with Crippen molar-refractivity contribution in [2.45, 2.75) is 32.8 Å². The zero-order valence-electron chi connectivity index (χ0n) is 11.4. The lowest BCUT2D eigenvalue weighted by Crippen LogP contribution is -2.43. The maximum absolute atomic E-state index is 11.6. The Hall–Kier alpha value is -1.55. The number of benzene rings is 1. The molecular weight excluding hydrogens is 244 g/mol. The third-order valence-corrected chi connectivity index (χ3v) is 3.49. The van der Waals surface area contributed by atoms with E-state index in [1.54, 1.807) is 0 Å². The fraction of sp³-hybridized carbons (Fsp3) is 0.533. The summed E-state index contributed by atoms with van der Waals surface area (Å²) < 4.78 is 11.1. The Labute approximate surface area is 113 Å². The summed E-state index contributed by atoms with van der Waals surface area (Å²) in [7, 11) is 0. The second-order valence-corrected chi connectivity index (χ2v) is 5.33. The van der Waals surface area contributed by atoms with E-state index < -0.39 is 11.4 Å². The molecule has 1 aliphatic heterocycles. The topological polar surface area (TPSA) is 55.8 Å². The quantitative estimate of drug-likeness (QED) is 0.887. The molecule has 0 fully saturated rings. The molecule has 4 nitrogen and oxygen atoms in total. The Morgan fingerprint density at radius 3 is 2.89 bits per heavy atom. The van der Waals surface area contributed by atoms with E-state index >= 15 is 0 Å². The summed E-state index contributed by atoms with van der Waals surface area (Å²) >= 11 is 0. The van der Waals surface area contributed by atoms with Crippen LogP contribution in [-0.4, -0.2) is 30.4 Å². The van der Waals surface area contributed by atoms with Gasteiger partial charge in [0.1, 0.15) is 17.8 Å². The minimum absolute atomic E-state index is 0.114. The first kappa shape index (κ1) is 13.9. The molecule has 0 bridgehead atoms. The highest BCUT2D eigenvalue weighted by Gasteiger charge is 2.42. The van der Waals surface area contributed by atoms with Crippen molar-refractivity contribution in [3.05, 3.63) is 29.8 Å². The van der Waals surface area contributed by atoms with Crippen LogP contribution in [0.2, 0.25) is 0 Å². The first-order valence-corrected chi connectivity index (χ1v) is 6.59. The van der Waals surface area contributed by atoms with E-state index in [1.165, 1.54) is 0 Å². The number of rotatable bonds is 5. The van der Waals surface area contributed by atoms with Crippen molar-refractivity contribution in [1.82, 2.24) is 0 Å². The van der Waals surface area contributed by atoms with E-state index in [9.17, 15) is 9.90 Å². The van der Waals surface area contributed by atoms with Crippen molar-refractivity contribution in [3.63, 3.8) is 0 Å². The van der Waals surface area contributed by atoms with E-state index in [1.807, 2.05) is 38.1 Å². The average Bonchev–Trinajstić information content (AvgIpc) is 2.38. The molecule has 0 saturated carbocycles. The summed E-state index contributed by atoms with van der Waals surface area (Å²) in [6, 6.07) is 7.61. The summed E-state index contributed by atoms with van der Waals surface area (Å²) in [5.74, 6) is -0.0153. The predicted molar refractivity (Wildman–Crippen MR) is 71.4 cm³/mol. The van der Waals surface area contributed by atoms with Gasteiger partial charge in [-0.25, -0.2) is 0 Å². The molecular formula is C15H20O4. The van der Waals surface area contributed by atoms with Crippen LogP contribution in [0.5, 0.6) is 5.75 Å². The number of carbonyl (C=O) groups is 1. The van der Waals surface area contributed by atoms with Crippen LogP contribution in [0.4, 0.5) is 0 Å². The van der Waals surface area contributed by atoms with Crippen LogP contribution in [-0.2, 0) is 16.0 Å². The lowest BCUT2D eigenvalue weighted by Gasteiger charge is -2.34. The highest BCUT2D eigenvalue weighted by molar-refractivity contribution is 5.76. The van der Waals surface area contributed by atoms with Gasteiger partial charge in [0.05, 0.1) is 6.10 Å². The van der Waals surface area contributed by atoms with Crippen LogP contribution in [0.3, 0.4) is 0 Å². The molecule has 0 radical (unpaired) electrons. The van der Waals surface area contributed by atoms with Gasteiger partial charge in [0.25, 0.3) is 0 Å². The van der Waals surface area contributed by atoms with E-state index in [0.717, 1.165) is 11.3 Å². The van der Waals surface area contributed by atoms with Gasteiger partial charge in [-0.3, -0.25) is 4.79 Å². The van der Waals surface area contributed by atoms with Gasteiger partial charge in [-0.2, -0.15) is 0 Å². The number of ether oxygens (including phenoxy) is 2. The minimum atomic E-state index is -0.872. The van der Waals surface area contributed by atoms with Crippen molar-refractivity contribution in [2.75, 3.05) is 13.2 Å². The third-order valence-electron chi connectivity index (χ3n) is 3.49. The van der Waals surface area contributed by atoms with Gasteiger partial charge >= 0.3 is 5.97 Å². The number of fused-ring (bicyclic) bond motifs is 1. The van der Waals surface area contributed by atoms with Crippen molar-refractivity contribution in [2.24, 2.45) is 5.41 Å². The number of para-hydroxylation sites is 1. The largest absolute Gasteiger partial charge is 0.492 e. The van der Waals surface area contributed by atoms with Gasteiger partial charge in [-0.15, -0.1) is 0 Å². The molecule has 1 unspecified atom stereocenters. The highest BCUT2D eigenvalue weighted by atomic mass is 16.5. The smallest absolute Gasteiger partial charge is 0.313 e. The van der Waals surface area contributed by atoms with E-state index in [-0.39, 0.29) is 12.7 Å². The Bertz CT molecular complexity index is 455. The fourth-order valence-corrected chi connectivity index (χ4v) is 2.32. The van der Waals surface area contributed by atoms with Crippen LogP contribution in [0, 0.1) is 5.41 Å². The molecule has 104 valence electrons. The number of carboxylic acid groups (broad SMARTS) is 1. The summed E-state index contributed by atoms with van der Waals surface area (Å²) in [5, 5.41) is 9.54. The molecule has 1 N–H and O–H groups in total. The molecule has 0 aliphatic carbocycles. The molecule has 1 atom stereocenters. The van der Waals surface area contributed by atoms with Gasteiger partial charge in [0.2, 0.25) is 0 Å². The SMILES string of the molecule is CC(C)OCCC1(C(=O)O)COc2ccccc2C1. The molecule has 19 heavy (non-hydrogen) atoms. The van der Waals surface area contributed by atoms with E-state index in [4.69, 9.17) is 9.47 Å². The number of aliphatic carboxylic acids is 1. The maximum Gasteiger partial charge on any atom is 0.313 e. The Morgan fingerprint density at radius 2 is 2.21 bits per heavy atom. The van der Waals surface area contributed by atoms with Crippen LogP contribution < -0.4 is 4.74 Å². The molecule has 2 rings (SSSR count). The van der Waals surface area contributed by atoms with E-state index in [2.05, 4.69) is 0 Å². The second-order valence-electron chi connectivity index (χ2n) is 5.33. The van der Waals surface area contributed by atoms with Crippen molar-refractivity contribution >= 4 is 5.97 Å². The molecule has 4 heteroatoms. The lowest BCUT2D eigenvalue weighted by atomic mass is 9.78. The van der Waals surface area contributed by atoms with Gasteiger partial charge < -0.3 is 14.6 Å². The van der Waals surface area contributed by atoms with Gasteiger partial charge in [-0.1, -0.05) is 18.2 Å².